The Hall–Kier alpha value is -12.2. The van der Waals surface area contributed by atoms with Crippen LogP contribution < -0.4 is 0 Å². The van der Waals surface area contributed by atoms with Crippen LogP contribution >= 0.6 is 0 Å². The van der Waals surface area contributed by atoms with Crippen molar-refractivity contribution in [3.05, 3.63) is 352 Å². The van der Waals surface area contributed by atoms with Crippen LogP contribution in [0.5, 0.6) is 0 Å². The molecule has 0 aromatic heterocycles. The quantitative estimate of drug-likeness (QED) is 0.120. The zero-order valence-electron chi connectivity index (χ0n) is 51.5. The highest BCUT2D eigenvalue weighted by atomic mass is 14.4. The van der Waals surface area contributed by atoms with Gasteiger partial charge in [0, 0.05) is 0 Å². The first-order valence-electron chi connectivity index (χ1n) is 32.7. The first-order valence-corrected chi connectivity index (χ1v) is 32.7. The van der Waals surface area contributed by atoms with Gasteiger partial charge in [0.15, 0.2) is 0 Å². The molecule has 0 saturated carbocycles. The summed E-state index contributed by atoms with van der Waals surface area (Å²) in [4.78, 5) is 0. The molecule has 0 saturated heterocycles. The molecule has 0 bridgehead atoms. The van der Waals surface area contributed by atoms with E-state index in [2.05, 4.69) is 352 Å². The lowest BCUT2D eigenvalue weighted by atomic mass is 9.76. The molecular formula is C94H58. The number of rotatable bonds is 10. The van der Waals surface area contributed by atoms with Gasteiger partial charge in [0.25, 0.3) is 0 Å². The van der Waals surface area contributed by atoms with Crippen molar-refractivity contribution in [1.29, 1.82) is 0 Å². The largest absolute Gasteiger partial charge is 0.0622 e. The fourth-order valence-corrected chi connectivity index (χ4v) is 16.4. The highest BCUT2D eigenvalue weighted by Gasteiger charge is 2.37. The van der Waals surface area contributed by atoms with Gasteiger partial charge in [-0.3, -0.25) is 0 Å². The van der Waals surface area contributed by atoms with Crippen molar-refractivity contribution < 1.29 is 0 Å². The van der Waals surface area contributed by atoms with Gasteiger partial charge in [-0.2, -0.15) is 0 Å². The van der Waals surface area contributed by atoms with E-state index >= 15 is 0 Å². The summed E-state index contributed by atoms with van der Waals surface area (Å²) in [6.07, 6.45) is 0. The monoisotopic (exact) mass is 1190 g/mol. The summed E-state index contributed by atoms with van der Waals surface area (Å²) in [5.41, 5.74) is 34.6. The average Bonchev–Trinajstić information content (AvgIpc) is 1.52. The van der Waals surface area contributed by atoms with Gasteiger partial charge in [-0.15, -0.1) is 0 Å². The Labute approximate surface area is 547 Å². The van der Waals surface area contributed by atoms with Crippen molar-refractivity contribution in [3.8, 4) is 156 Å². The molecule has 17 aromatic rings. The number of fused-ring (bicyclic) bond motifs is 8. The maximum absolute atomic E-state index is 2.46. The van der Waals surface area contributed by atoms with Gasteiger partial charge in [-0.1, -0.05) is 346 Å². The SMILES string of the molecule is c1ccc(-c2c(-c3ccccc3)c(-c3ccccc3)c3c(c2-c2ccccc2)-c2cccc4c(-c5cccc6c(-c7ccc8c9c(cccc79)-c7c(-c9ccccc9)c(-c9ccccc9)c(-c9ccccc9)c(-c9ccccc9)c7-8)c7ccccc7cc56)ccc-3c24)cc1. The molecule has 0 fully saturated rings. The van der Waals surface area contributed by atoms with Crippen LogP contribution in [0.1, 0.15) is 0 Å². The molecule has 0 aliphatic heterocycles. The van der Waals surface area contributed by atoms with E-state index in [1.165, 1.54) is 199 Å². The first-order chi connectivity index (χ1) is 46.7. The zero-order chi connectivity index (χ0) is 61.8. The second-order valence-electron chi connectivity index (χ2n) is 25.1. The molecule has 94 heavy (non-hydrogen) atoms. The topological polar surface area (TPSA) is 0 Å². The summed E-state index contributed by atoms with van der Waals surface area (Å²) in [5.74, 6) is 0. The maximum Gasteiger partial charge on any atom is -0.000718 e. The van der Waals surface area contributed by atoms with Crippen molar-refractivity contribution >= 4 is 43.1 Å². The molecule has 2 aliphatic carbocycles. The molecule has 0 spiro atoms. The Bertz CT molecular complexity index is 5650. The Kier molecular flexibility index (Phi) is 12.4. The molecule has 0 atom stereocenters. The van der Waals surface area contributed by atoms with Crippen LogP contribution in [0, 0.1) is 0 Å². The fraction of sp³-hybridized carbons (Fsp3) is 0. The molecule has 0 heterocycles. The predicted octanol–water partition coefficient (Wildman–Crippen LogP) is 26.3. The van der Waals surface area contributed by atoms with Crippen molar-refractivity contribution in [3.63, 3.8) is 0 Å². The van der Waals surface area contributed by atoms with Crippen molar-refractivity contribution in [2.45, 2.75) is 0 Å². The second-order valence-corrected chi connectivity index (χ2v) is 25.1. The van der Waals surface area contributed by atoms with E-state index in [9.17, 15) is 0 Å². The molecule has 434 valence electrons. The fourth-order valence-electron chi connectivity index (χ4n) is 16.4. The van der Waals surface area contributed by atoms with E-state index in [1.807, 2.05) is 0 Å². The first kappa shape index (κ1) is 53.6. The molecule has 0 nitrogen and oxygen atoms in total. The van der Waals surface area contributed by atoms with Crippen LogP contribution in [-0.4, -0.2) is 0 Å². The summed E-state index contributed by atoms with van der Waals surface area (Å²) in [6.45, 7) is 0. The molecule has 2 aliphatic rings. The molecule has 0 heteroatoms. The van der Waals surface area contributed by atoms with Crippen molar-refractivity contribution in [2.75, 3.05) is 0 Å². The Morgan fingerprint density at radius 2 is 0.351 bits per heavy atom. The van der Waals surface area contributed by atoms with Crippen molar-refractivity contribution in [2.24, 2.45) is 0 Å². The van der Waals surface area contributed by atoms with Crippen LogP contribution in [0.4, 0.5) is 0 Å². The van der Waals surface area contributed by atoms with Gasteiger partial charge in [-0.25, -0.2) is 0 Å². The number of benzene rings is 17. The third-order valence-corrected chi connectivity index (χ3v) is 20.1. The van der Waals surface area contributed by atoms with Crippen LogP contribution in [0.15, 0.2) is 352 Å². The molecule has 19 rings (SSSR count). The summed E-state index contributed by atoms with van der Waals surface area (Å²) >= 11 is 0. The lowest BCUT2D eigenvalue weighted by Crippen LogP contribution is -1.99. The standard InChI is InChI=1S/C94H58/c1-9-30-59(31-10-1)80-82(61-34-13-3-14-35-61)86(65-42-21-7-22-43-65)93-77-56-54-70(71-49-28-52-75(89(71)77)91(93)84(80)63-38-17-5-18-39-63)69-48-27-51-73-79(69)58-67-46-25-26-47-68(67)88(73)74-55-57-78-90-72(74)50-29-53-76(90)92-85(64-40-19-6-20-41-64)81(60-32-11-2-12-33-60)83(62-36-15-4-16-37-62)87(94(78)92)66-44-23-8-24-45-66/h1-58H. The Morgan fingerprint density at radius 1 is 0.117 bits per heavy atom. The normalized spacial score (nSPS) is 11.8. The number of hydrogen-bond acceptors (Lipinski definition) is 0. The second kappa shape index (κ2) is 21.7. The van der Waals surface area contributed by atoms with Crippen LogP contribution in [0.3, 0.4) is 0 Å². The van der Waals surface area contributed by atoms with Gasteiger partial charge < -0.3 is 0 Å². The van der Waals surface area contributed by atoms with Crippen LogP contribution in [0.2, 0.25) is 0 Å². The molecular weight excluding hydrogens is 1130 g/mol. The van der Waals surface area contributed by atoms with E-state index in [-0.39, 0.29) is 0 Å². The molecule has 0 unspecified atom stereocenters. The predicted molar refractivity (Wildman–Crippen MR) is 400 cm³/mol. The van der Waals surface area contributed by atoms with Gasteiger partial charge in [0.05, 0.1) is 0 Å². The smallest absolute Gasteiger partial charge is 0.000718 e. The van der Waals surface area contributed by atoms with Crippen LogP contribution in [-0.2, 0) is 0 Å². The minimum absolute atomic E-state index is 1.19. The summed E-state index contributed by atoms with van der Waals surface area (Å²) < 4.78 is 0. The van der Waals surface area contributed by atoms with Gasteiger partial charge >= 0.3 is 0 Å². The molecule has 17 aromatic carbocycles. The average molecular weight is 1190 g/mol. The minimum Gasteiger partial charge on any atom is -0.0622 e. The van der Waals surface area contributed by atoms with E-state index in [0.29, 0.717) is 0 Å². The van der Waals surface area contributed by atoms with Gasteiger partial charge in [0.1, 0.15) is 0 Å². The number of hydrogen-bond donors (Lipinski definition) is 0. The lowest BCUT2D eigenvalue weighted by Gasteiger charge is -2.26. The maximum atomic E-state index is 2.46. The highest BCUT2D eigenvalue weighted by molar-refractivity contribution is 6.31. The zero-order valence-corrected chi connectivity index (χ0v) is 51.5. The third-order valence-electron chi connectivity index (χ3n) is 20.1. The molecule has 0 amide bonds. The van der Waals surface area contributed by atoms with Crippen molar-refractivity contribution in [1.82, 2.24) is 0 Å². The lowest BCUT2D eigenvalue weighted by molar-refractivity contribution is 1.54. The third kappa shape index (κ3) is 8.13. The Balaban J connectivity index is 0.878. The van der Waals surface area contributed by atoms with Gasteiger partial charge in [-0.05, 0) is 205 Å². The molecule has 0 radical (unpaired) electrons. The van der Waals surface area contributed by atoms with E-state index in [1.54, 1.807) is 0 Å². The summed E-state index contributed by atoms with van der Waals surface area (Å²) in [6, 6.07) is 131. The van der Waals surface area contributed by atoms with E-state index < -0.39 is 0 Å². The van der Waals surface area contributed by atoms with E-state index in [4.69, 9.17) is 0 Å². The highest BCUT2D eigenvalue weighted by Crippen LogP contribution is 2.64. The summed E-state index contributed by atoms with van der Waals surface area (Å²) in [5, 5.41) is 9.95. The van der Waals surface area contributed by atoms with Crippen LogP contribution in [0.25, 0.3) is 199 Å². The van der Waals surface area contributed by atoms with Gasteiger partial charge in [0.2, 0.25) is 0 Å². The van der Waals surface area contributed by atoms with E-state index in [0.717, 1.165) is 0 Å². The summed E-state index contributed by atoms with van der Waals surface area (Å²) in [7, 11) is 0. The minimum atomic E-state index is 1.19. The molecule has 0 N–H and O–H groups in total. The Morgan fingerprint density at radius 3 is 0.702 bits per heavy atom.